The number of nitrogens with two attached hydrogens (primary N) is 1. The number of hydrogen-bond acceptors (Lipinski definition) is 4. The highest BCUT2D eigenvalue weighted by atomic mass is 79.9. The van der Waals surface area contributed by atoms with Crippen LogP contribution in [0.3, 0.4) is 0 Å². The number of benzene rings is 1. The summed E-state index contributed by atoms with van der Waals surface area (Å²) < 4.78 is 1.07. The van der Waals surface area contributed by atoms with Crippen molar-refractivity contribution in [1.29, 1.82) is 0 Å². The van der Waals surface area contributed by atoms with Gasteiger partial charge >= 0.3 is 0 Å². The summed E-state index contributed by atoms with van der Waals surface area (Å²) in [5, 5.41) is 0. The predicted molar refractivity (Wildman–Crippen MR) is 89.3 cm³/mol. The van der Waals surface area contributed by atoms with Gasteiger partial charge in [-0.2, -0.15) is 0 Å². The molecule has 110 valence electrons. The van der Waals surface area contributed by atoms with Gasteiger partial charge in [0, 0.05) is 35.4 Å². The highest BCUT2D eigenvalue weighted by Crippen LogP contribution is 2.27. The number of aryl methyl sites for hydroxylation is 1. The third-order valence-corrected chi connectivity index (χ3v) is 4.56. The van der Waals surface area contributed by atoms with E-state index in [1.54, 1.807) is 0 Å². The summed E-state index contributed by atoms with van der Waals surface area (Å²) >= 11 is 3.46. The van der Waals surface area contributed by atoms with E-state index in [-0.39, 0.29) is 0 Å². The first-order valence-corrected chi connectivity index (χ1v) is 8.04. The molecule has 1 saturated heterocycles. The highest BCUT2D eigenvalue weighted by Gasteiger charge is 2.25. The molecule has 21 heavy (non-hydrogen) atoms. The van der Waals surface area contributed by atoms with Gasteiger partial charge in [-0.3, -0.25) is 0 Å². The Morgan fingerprint density at radius 3 is 2.76 bits per heavy atom. The summed E-state index contributed by atoms with van der Waals surface area (Å²) in [6.07, 6.45) is 4.22. The zero-order valence-corrected chi connectivity index (χ0v) is 13.7. The van der Waals surface area contributed by atoms with Crippen LogP contribution in [0.5, 0.6) is 0 Å². The van der Waals surface area contributed by atoms with Crippen molar-refractivity contribution < 1.29 is 0 Å². The molecule has 1 aromatic heterocycles. The van der Waals surface area contributed by atoms with E-state index in [1.165, 1.54) is 6.42 Å². The number of aromatic nitrogens is 2. The average molecular weight is 347 g/mol. The van der Waals surface area contributed by atoms with E-state index in [0.29, 0.717) is 12.6 Å². The zero-order chi connectivity index (χ0) is 14.8. The third-order valence-electron chi connectivity index (χ3n) is 4.03. The Labute approximate surface area is 133 Å². The van der Waals surface area contributed by atoms with Gasteiger partial charge in [0.2, 0.25) is 5.95 Å². The molecule has 0 bridgehead atoms. The van der Waals surface area contributed by atoms with Gasteiger partial charge in [-0.25, -0.2) is 9.97 Å². The van der Waals surface area contributed by atoms with Crippen LogP contribution >= 0.6 is 15.9 Å². The van der Waals surface area contributed by atoms with Crippen molar-refractivity contribution in [2.75, 3.05) is 18.0 Å². The van der Waals surface area contributed by atoms with Gasteiger partial charge in [-0.15, -0.1) is 0 Å². The van der Waals surface area contributed by atoms with E-state index < -0.39 is 0 Å². The van der Waals surface area contributed by atoms with Gasteiger partial charge in [0.25, 0.3) is 0 Å². The Kier molecular flexibility index (Phi) is 4.22. The van der Waals surface area contributed by atoms with Gasteiger partial charge in [-0.1, -0.05) is 28.1 Å². The van der Waals surface area contributed by atoms with Crippen LogP contribution in [-0.4, -0.2) is 29.1 Å². The fourth-order valence-corrected chi connectivity index (χ4v) is 3.11. The first kappa shape index (κ1) is 14.5. The Bertz CT molecular complexity index is 627. The molecule has 0 aliphatic carbocycles. The summed E-state index contributed by atoms with van der Waals surface area (Å²) in [6, 6.07) is 8.60. The first-order chi connectivity index (χ1) is 10.2. The standard InChI is InChI=1S/C16H19BrN4/c1-11-15(12-4-6-13(17)7-5-12)10-19-16(20-11)21-8-2-3-14(21)9-18/h4-7,10,14H,2-3,8-9,18H2,1H3. The van der Waals surface area contributed by atoms with Crippen molar-refractivity contribution in [2.45, 2.75) is 25.8 Å². The van der Waals surface area contributed by atoms with Crippen molar-refractivity contribution in [3.63, 3.8) is 0 Å². The number of rotatable bonds is 3. The molecule has 4 nitrogen and oxygen atoms in total. The minimum Gasteiger partial charge on any atom is -0.337 e. The Balaban J connectivity index is 1.91. The van der Waals surface area contributed by atoms with Crippen molar-refractivity contribution in [1.82, 2.24) is 9.97 Å². The molecule has 0 spiro atoms. The quantitative estimate of drug-likeness (QED) is 0.927. The Hall–Kier alpha value is -1.46. The Morgan fingerprint density at radius 1 is 1.33 bits per heavy atom. The molecule has 2 heterocycles. The van der Waals surface area contributed by atoms with Gasteiger partial charge < -0.3 is 10.6 Å². The van der Waals surface area contributed by atoms with Crippen LogP contribution in [-0.2, 0) is 0 Å². The summed E-state index contributed by atoms with van der Waals surface area (Å²) in [6.45, 7) is 3.70. The average Bonchev–Trinajstić information content (AvgIpc) is 2.97. The van der Waals surface area contributed by atoms with Crippen molar-refractivity contribution in [3.8, 4) is 11.1 Å². The van der Waals surface area contributed by atoms with Crippen LogP contribution in [0.15, 0.2) is 34.9 Å². The highest BCUT2D eigenvalue weighted by molar-refractivity contribution is 9.10. The number of anilines is 1. The zero-order valence-electron chi connectivity index (χ0n) is 12.1. The van der Waals surface area contributed by atoms with Gasteiger partial charge in [0.15, 0.2) is 0 Å². The fourth-order valence-electron chi connectivity index (χ4n) is 2.85. The number of hydrogen-bond donors (Lipinski definition) is 1. The lowest BCUT2D eigenvalue weighted by atomic mass is 10.1. The van der Waals surface area contributed by atoms with Crippen LogP contribution in [0.2, 0.25) is 0 Å². The molecule has 1 atom stereocenters. The monoisotopic (exact) mass is 346 g/mol. The lowest BCUT2D eigenvalue weighted by Crippen LogP contribution is -2.36. The number of halogens is 1. The maximum atomic E-state index is 5.83. The fraction of sp³-hybridized carbons (Fsp3) is 0.375. The normalized spacial score (nSPS) is 18.2. The van der Waals surface area contributed by atoms with Gasteiger partial charge in [0.05, 0.1) is 5.69 Å². The molecule has 3 rings (SSSR count). The Morgan fingerprint density at radius 2 is 2.10 bits per heavy atom. The van der Waals surface area contributed by atoms with Crippen LogP contribution in [0.4, 0.5) is 5.95 Å². The molecule has 1 unspecified atom stereocenters. The molecule has 2 N–H and O–H groups in total. The van der Waals surface area contributed by atoms with Crippen molar-refractivity contribution >= 4 is 21.9 Å². The molecule has 1 fully saturated rings. The lowest BCUT2D eigenvalue weighted by molar-refractivity contribution is 0.663. The van der Waals surface area contributed by atoms with E-state index in [2.05, 4.69) is 37.9 Å². The second-order valence-electron chi connectivity index (χ2n) is 5.40. The largest absolute Gasteiger partial charge is 0.337 e. The van der Waals surface area contributed by atoms with Crippen LogP contribution in [0.25, 0.3) is 11.1 Å². The minimum atomic E-state index is 0.378. The predicted octanol–water partition coefficient (Wildman–Crippen LogP) is 3.14. The van der Waals surface area contributed by atoms with Crippen molar-refractivity contribution in [2.24, 2.45) is 5.73 Å². The lowest BCUT2D eigenvalue weighted by Gasteiger charge is -2.23. The molecule has 0 amide bonds. The third kappa shape index (κ3) is 2.94. The molecule has 5 heteroatoms. The van der Waals surface area contributed by atoms with E-state index in [9.17, 15) is 0 Å². The molecule has 1 aromatic carbocycles. The van der Waals surface area contributed by atoms with E-state index in [4.69, 9.17) is 10.7 Å². The van der Waals surface area contributed by atoms with Crippen LogP contribution in [0, 0.1) is 6.92 Å². The molecule has 0 radical (unpaired) electrons. The van der Waals surface area contributed by atoms with Crippen LogP contribution < -0.4 is 10.6 Å². The topological polar surface area (TPSA) is 55.0 Å². The van der Waals surface area contributed by atoms with E-state index in [0.717, 1.165) is 40.2 Å². The minimum absolute atomic E-state index is 0.378. The van der Waals surface area contributed by atoms with Crippen LogP contribution in [0.1, 0.15) is 18.5 Å². The second-order valence-corrected chi connectivity index (χ2v) is 6.32. The van der Waals surface area contributed by atoms with E-state index >= 15 is 0 Å². The van der Waals surface area contributed by atoms with Gasteiger partial charge in [0.1, 0.15) is 0 Å². The summed E-state index contributed by atoms with van der Waals surface area (Å²) in [5.74, 6) is 0.807. The summed E-state index contributed by atoms with van der Waals surface area (Å²) in [4.78, 5) is 11.5. The SMILES string of the molecule is Cc1nc(N2CCCC2CN)ncc1-c1ccc(Br)cc1. The van der Waals surface area contributed by atoms with Gasteiger partial charge in [-0.05, 0) is 37.5 Å². The molecular weight excluding hydrogens is 328 g/mol. The first-order valence-electron chi connectivity index (χ1n) is 7.25. The molecule has 2 aromatic rings. The van der Waals surface area contributed by atoms with Crippen molar-refractivity contribution in [3.05, 3.63) is 40.6 Å². The number of nitrogens with zero attached hydrogens (tertiary/aromatic N) is 3. The molecule has 1 aliphatic rings. The summed E-state index contributed by atoms with van der Waals surface area (Å²) in [5.41, 5.74) is 9.05. The molecular formula is C16H19BrN4. The maximum Gasteiger partial charge on any atom is 0.225 e. The second kappa shape index (κ2) is 6.12. The summed E-state index contributed by atoms with van der Waals surface area (Å²) in [7, 11) is 0. The van der Waals surface area contributed by atoms with E-state index in [1.807, 2.05) is 25.3 Å². The molecule has 0 saturated carbocycles. The maximum absolute atomic E-state index is 5.83. The smallest absolute Gasteiger partial charge is 0.225 e. The molecule has 1 aliphatic heterocycles.